The van der Waals surface area contributed by atoms with Crippen LogP contribution >= 0.6 is 0 Å². The molecule has 0 N–H and O–H groups in total. The number of benzene rings is 1. The van der Waals surface area contributed by atoms with Crippen LogP contribution in [0.25, 0.3) is 6.08 Å². The number of ketones is 1. The number of rotatable bonds is 5. The molecule has 6 nitrogen and oxygen atoms in total. The molecule has 0 spiro atoms. The normalized spacial score (nSPS) is 19.7. The standard InChI is InChI=1S/C20H17FN2O4/c1-13-19(14-7-3-2-4-8-14)27-20(26)23(13)18(25)12-17(24)16(21)11-15-9-5-6-10-22-15/h2-11,13,19H,12H2,1H3/b16-11+/t13-,19-/m0/s1. The first-order chi connectivity index (χ1) is 13.0. The first-order valence-corrected chi connectivity index (χ1v) is 8.36. The largest absolute Gasteiger partial charge is 0.439 e. The lowest BCUT2D eigenvalue weighted by atomic mass is 10.0. The lowest BCUT2D eigenvalue weighted by molar-refractivity contribution is -0.133. The van der Waals surface area contributed by atoms with E-state index in [2.05, 4.69) is 4.98 Å². The van der Waals surface area contributed by atoms with Crippen molar-refractivity contribution in [2.45, 2.75) is 25.5 Å². The van der Waals surface area contributed by atoms with Gasteiger partial charge in [-0.1, -0.05) is 36.4 Å². The molecule has 1 aliphatic heterocycles. The van der Waals surface area contributed by atoms with Gasteiger partial charge in [-0.25, -0.2) is 14.1 Å². The van der Waals surface area contributed by atoms with Crippen molar-refractivity contribution in [2.24, 2.45) is 0 Å². The number of cyclic esters (lactones) is 1. The van der Waals surface area contributed by atoms with Crippen molar-refractivity contribution < 1.29 is 23.5 Å². The molecule has 2 heterocycles. The van der Waals surface area contributed by atoms with Crippen LogP contribution in [0, 0.1) is 0 Å². The predicted molar refractivity (Wildman–Crippen MR) is 94.9 cm³/mol. The van der Waals surface area contributed by atoms with E-state index in [9.17, 15) is 18.8 Å². The van der Waals surface area contributed by atoms with Crippen molar-refractivity contribution in [3.63, 3.8) is 0 Å². The number of nitrogens with zero attached hydrogens (tertiary/aromatic N) is 2. The molecule has 1 aliphatic rings. The molecule has 2 amide bonds. The molecule has 1 aromatic heterocycles. The summed E-state index contributed by atoms with van der Waals surface area (Å²) in [5.74, 6) is -2.92. The molecular formula is C20H17FN2O4. The van der Waals surface area contributed by atoms with Crippen LogP contribution in [0.3, 0.4) is 0 Å². The molecule has 0 aliphatic carbocycles. The van der Waals surface area contributed by atoms with E-state index in [1.807, 2.05) is 6.07 Å². The summed E-state index contributed by atoms with van der Waals surface area (Å²) < 4.78 is 19.3. The number of imide groups is 1. The number of allylic oxidation sites excluding steroid dienone is 1. The monoisotopic (exact) mass is 368 g/mol. The van der Waals surface area contributed by atoms with Crippen molar-refractivity contribution in [1.82, 2.24) is 9.88 Å². The van der Waals surface area contributed by atoms with Crippen molar-refractivity contribution in [2.75, 3.05) is 0 Å². The van der Waals surface area contributed by atoms with E-state index in [0.29, 0.717) is 0 Å². The smallest absolute Gasteiger partial charge is 0.417 e. The molecule has 0 bridgehead atoms. The molecule has 2 atom stereocenters. The van der Waals surface area contributed by atoms with Crippen molar-refractivity contribution in [1.29, 1.82) is 0 Å². The van der Waals surface area contributed by atoms with Gasteiger partial charge in [0.15, 0.2) is 5.83 Å². The Kier molecular flexibility index (Phi) is 5.40. The molecule has 1 fully saturated rings. The summed E-state index contributed by atoms with van der Waals surface area (Å²) in [7, 11) is 0. The number of pyridine rings is 1. The summed E-state index contributed by atoms with van der Waals surface area (Å²) in [5, 5.41) is 0. The summed E-state index contributed by atoms with van der Waals surface area (Å²) in [6.45, 7) is 1.64. The summed E-state index contributed by atoms with van der Waals surface area (Å²) in [6, 6.07) is 13.2. The fraction of sp³-hybridized carbons (Fsp3) is 0.200. The molecule has 138 valence electrons. The number of hydrogen-bond donors (Lipinski definition) is 0. The molecule has 0 unspecified atom stereocenters. The van der Waals surface area contributed by atoms with Crippen LogP contribution < -0.4 is 0 Å². The summed E-state index contributed by atoms with van der Waals surface area (Å²) >= 11 is 0. The number of aromatic nitrogens is 1. The molecule has 3 rings (SSSR count). The van der Waals surface area contributed by atoms with Crippen molar-refractivity contribution in [3.05, 3.63) is 71.8 Å². The van der Waals surface area contributed by atoms with Crippen LogP contribution in [-0.4, -0.2) is 33.7 Å². The Labute approximate surface area is 155 Å². The number of ether oxygens (including phenoxy) is 1. The first kappa shape index (κ1) is 18.4. The second kappa shape index (κ2) is 7.90. The highest BCUT2D eigenvalue weighted by molar-refractivity contribution is 6.10. The fourth-order valence-electron chi connectivity index (χ4n) is 2.86. The van der Waals surface area contributed by atoms with Crippen LogP contribution in [-0.2, 0) is 14.3 Å². The van der Waals surface area contributed by atoms with E-state index < -0.39 is 42.2 Å². The van der Waals surface area contributed by atoms with E-state index in [1.165, 1.54) is 12.3 Å². The Bertz CT molecular complexity index is 883. The summed E-state index contributed by atoms with van der Waals surface area (Å²) in [4.78, 5) is 41.3. The second-order valence-corrected chi connectivity index (χ2v) is 6.07. The molecule has 1 saturated heterocycles. The van der Waals surface area contributed by atoms with E-state index >= 15 is 0 Å². The van der Waals surface area contributed by atoms with Crippen LogP contribution in [0.4, 0.5) is 9.18 Å². The Balaban J connectivity index is 1.69. The number of halogens is 1. The maximum absolute atomic E-state index is 14.1. The van der Waals surface area contributed by atoms with Gasteiger partial charge in [-0.3, -0.25) is 14.6 Å². The topological polar surface area (TPSA) is 76.6 Å². The minimum Gasteiger partial charge on any atom is -0.439 e. The zero-order chi connectivity index (χ0) is 19.4. The van der Waals surface area contributed by atoms with Gasteiger partial charge in [0.1, 0.15) is 6.10 Å². The van der Waals surface area contributed by atoms with Crippen LogP contribution in [0.1, 0.15) is 30.7 Å². The van der Waals surface area contributed by atoms with Gasteiger partial charge in [0.2, 0.25) is 11.7 Å². The maximum Gasteiger partial charge on any atom is 0.417 e. The molecule has 0 radical (unpaired) electrons. The van der Waals surface area contributed by atoms with E-state index in [-0.39, 0.29) is 5.69 Å². The number of carbonyl (C=O) groups excluding carboxylic acids is 3. The Morgan fingerprint density at radius 3 is 2.56 bits per heavy atom. The molecule has 27 heavy (non-hydrogen) atoms. The minimum atomic E-state index is -1.10. The quantitative estimate of drug-likeness (QED) is 0.597. The lowest BCUT2D eigenvalue weighted by Crippen LogP contribution is -2.38. The number of amides is 2. The van der Waals surface area contributed by atoms with Gasteiger partial charge in [-0.05, 0) is 24.6 Å². The SMILES string of the molecule is C[C@H]1[C@@H](c2ccccc2)OC(=O)N1C(=O)CC(=O)/C(F)=C\c1ccccn1. The van der Waals surface area contributed by atoms with Gasteiger partial charge >= 0.3 is 6.09 Å². The van der Waals surface area contributed by atoms with Crippen LogP contribution in [0.2, 0.25) is 0 Å². The Morgan fingerprint density at radius 2 is 1.89 bits per heavy atom. The highest BCUT2D eigenvalue weighted by atomic mass is 19.1. The van der Waals surface area contributed by atoms with Crippen molar-refractivity contribution in [3.8, 4) is 0 Å². The third-order valence-corrected chi connectivity index (χ3v) is 4.21. The lowest BCUT2D eigenvalue weighted by Gasteiger charge is -2.18. The second-order valence-electron chi connectivity index (χ2n) is 6.07. The maximum atomic E-state index is 14.1. The van der Waals surface area contributed by atoms with Gasteiger partial charge in [-0.15, -0.1) is 0 Å². The van der Waals surface area contributed by atoms with E-state index in [1.54, 1.807) is 43.3 Å². The average molecular weight is 368 g/mol. The zero-order valence-electron chi connectivity index (χ0n) is 14.5. The highest BCUT2D eigenvalue weighted by Crippen LogP contribution is 2.32. The van der Waals surface area contributed by atoms with Gasteiger partial charge in [0.05, 0.1) is 18.2 Å². The van der Waals surface area contributed by atoms with Gasteiger partial charge in [-0.2, -0.15) is 0 Å². The van der Waals surface area contributed by atoms with Gasteiger partial charge in [0.25, 0.3) is 0 Å². The number of Topliss-reactive ketones (excluding diaryl/α,β-unsaturated/α-hetero) is 1. The Morgan fingerprint density at radius 1 is 1.19 bits per heavy atom. The summed E-state index contributed by atoms with van der Waals surface area (Å²) in [5.41, 5.74) is 0.995. The molecule has 7 heteroatoms. The average Bonchev–Trinajstić information content (AvgIpc) is 2.97. The molecular weight excluding hydrogens is 351 g/mol. The highest BCUT2D eigenvalue weighted by Gasteiger charge is 2.43. The minimum absolute atomic E-state index is 0.258. The Hall–Kier alpha value is -3.35. The third-order valence-electron chi connectivity index (χ3n) is 4.21. The van der Waals surface area contributed by atoms with Gasteiger partial charge < -0.3 is 4.74 Å². The molecule has 1 aromatic carbocycles. The fourth-order valence-corrected chi connectivity index (χ4v) is 2.86. The van der Waals surface area contributed by atoms with Crippen LogP contribution in [0.5, 0.6) is 0 Å². The molecule has 2 aromatic rings. The predicted octanol–water partition coefficient (Wildman–Crippen LogP) is 3.46. The molecule has 0 saturated carbocycles. The van der Waals surface area contributed by atoms with Crippen LogP contribution in [0.15, 0.2) is 60.6 Å². The number of carbonyl (C=O) groups is 3. The zero-order valence-corrected chi connectivity index (χ0v) is 14.5. The number of hydrogen-bond acceptors (Lipinski definition) is 5. The van der Waals surface area contributed by atoms with Gasteiger partial charge in [0, 0.05) is 12.3 Å². The van der Waals surface area contributed by atoms with E-state index in [0.717, 1.165) is 16.5 Å². The van der Waals surface area contributed by atoms with E-state index in [4.69, 9.17) is 4.74 Å². The summed E-state index contributed by atoms with van der Waals surface area (Å²) in [6.07, 6.45) is 0.167. The van der Waals surface area contributed by atoms with Crippen molar-refractivity contribution >= 4 is 23.9 Å². The third kappa shape index (κ3) is 4.08. The first-order valence-electron chi connectivity index (χ1n) is 8.36.